The predicted octanol–water partition coefficient (Wildman–Crippen LogP) is 2.45. The van der Waals surface area contributed by atoms with Crippen LogP contribution in [0.2, 0.25) is 0 Å². The Morgan fingerprint density at radius 3 is 2.39 bits per heavy atom. The minimum atomic E-state index is -1.18. The standard InChI is InChI=1S/C17H20N2O4/c1-4-17(16(21)22,13-8-6-5-7-9-13)10-18-15(20)14-11(2)19-12(3)23-14/h5-9H,4,10H2,1-3H3,(H,18,20)(H,21,22). The Bertz CT molecular complexity index is 709. The molecule has 0 aliphatic rings. The van der Waals surface area contributed by atoms with Crippen molar-refractivity contribution in [3.8, 4) is 0 Å². The van der Waals surface area contributed by atoms with Gasteiger partial charge < -0.3 is 14.8 Å². The van der Waals surface area contributed by atoms with E-state index in [4.69, 9.17) is 4.42 Å². The predicted molar refractivity (Wildman–Crippen MR) is 84.4 cm³/mol. The molecule has 23 heavy (non-hydrogen) atoms. The average Bonchev–Trinajstić information content (AvgIpc) is 2.87. The second kappa shape index (κ2) is 6.64. The highest BCUT2D eigenvalue weighted by atomic mass is 16.4. The number of carbonyl (C=O) groups excluding carboxylic acids is 1. The molecule has 2 aromatic rings. The van der Waals surface area contributed by atoms with E-state index in [9.17, 15) is 14.7 Å². The number of oxazole rings is 1. The summed E-state index contributed by atoms with van der Waals surface area (Å²) in [7, 11) is 0. The van der Waals surface area contributed by atoms with E-state index < -0.39 is 17.3 Å². The number of hydrogen-bond acceptors (Lipinski definition) is 4. The molecule has 1 amide bonds. The third kappa shape index (κ3) is 3.26. The van der Waals surface area contributed by atoms with Crippen LogP contribution in [0.15, 0.2) is 34.7 Å². The monoisotopic (exact) mass is 316 g/mol. The summed E-state index contributed by atoms with van der Waals surface area (Å²) < 4.78 is 5.27. The third-order valence-electron chi connectivity index (χ3n) is 4.00. The molecular weight excluding hydrogens is 296 g/mol. The van der Waals surface area contributed by atoms with Gasteiger partial charge in [0.25, 0.3) is 5.91 Å². The number of aliphatic carboxylic acids is 1. The molecule has 0 saturated carbocycles. The van der Waals surface area contributed by atoms with Crippen molar-refractivity contribution >= 4 is 11.9 Å². The van der Waals surface area contributed by atoms with Gasteiger partial charge in [0.05, 0.1) is 5.69 Å². The van der Waals surface area contributed by atoms with E-state index in [1.165, 1.54) is 0 Å². The number of aromatic nitrogens is 1. The van der Waals surface area contributed by atoms with Gasteiger partial charge in [0, 0.05) is 13.5 Å². The lowest BCUT2D eigenvalue weighted by atomic mass is 9.78. The van der Waals surface area contributed by atoms with Crippen molar-refractivity contribution in [2.24, 2.45) is 0 Å². The van der Waals surface area contributed by atoms with Crippen LogP contribution in [0.1, 0.15) is 41.0 Å². The fraction of sp³-hybridized carbons (Fsp3) is 0.353. The van der Waals surface area contributed by atoms with Gasteiger partial charge in [0.15, 0.2) is 5.89 Å². The van der Waals surface area contributed by atoms with Gasteiger partial charge in [-0.05, 0) is 18.9 Å². The summed E-state index contributed by atoms with van der Waals surface area (Å²) in [6.45, 7) is 5.09. The Labute approximate surface area is 134 Å². The van der Waals surface area contributed by atoms with Crippen LogP contribution in [-0.2, 0) is 10.2 Å². The van der Waals surface area contributed by atoms with E-state index in [2.05, 4.69) is 10.3 Å². The molecule has 1 aromatic heterocycles. The number of carboxylic acid groups (broad SMARTS) is 1. The van der Waals surface area contributed by atoms with Crippen molar-refractivity contribution < 1.29 is 19.1 Å². The summed E-state index contributed by atoms with van der Waals surface area (Å²) in [5, 5.41) is 12.4. The quantitative estimate of drug-likeness (QED) is 0.854. The van der Waals surface area contributed by atoms with E-state index in [1.807, 2.05) is 6.07 Å². The van der Waals surface area contributed by atoms with E-state index in [0.29, 0.717) is 23.6 Å². The summed E-state index contributed by atoms with van der Waals surface area (Å²) in [6, 6.07) is 8.91. The molecule has 0 bridgehead atoms. The number of amides is 1. The number of benzene rings is 1. The Hall–Kier alpha value is -2.63. The zero-order chi connectivity index (χ0) is 17.0. The molecule has 0 aliphatic carbocycles. The van der Waals surface area contributed by atoms with Crippen LogP contribution < -0.4 is 5.32 Å². The Kier molecular flexibility index (Phi) is 4.83. The molecule has 1 unspecified atom stereocenters. The fourth-order valence-electron chi connectivity index (χ4n) is 2.59. The van der Waals surface area contributed by atoms with E-state index >= 15 is 0 Å². The number of hydrogen-bond donors (Lipinski definition) is 2. The normalized spacial score (nSPS) is 13.3. The lowest BCUT2D eigenvalue weighted by molar-refractivity contribution is -0.143. The molecule has 6 nitrogen and oxygen atoms in total. The number of aryl methyl sites for hydroxylation is 2. The lowest BCUT2D eigenvalue weighted by Gasteiger charge is -2.28. The van der Waals surface area contributed by atoms with Crippen molar-refractivity contribution in [3.05, 3.63) is 53.2 Å². The van der Waals surface area contributed by atoms with E-state index in [0.717, 1.165) is 0 Å². The summed E-state index contributed by atoms with van der Waals surface area (Å²) in [5.41, 5.74) is -0.0437. The van der Waals surface area contributed by atoms with Gasteiger partial charge in [-0.2, -0.15) is 0 Å². The van der Waals surface area contributed by atoms with Gasteiger partial charge in [-0.3, -0.25) is 9.59 Å². The zero-order valence-corrected chi connectivity index (χ0v) is 13.4. The first kappa shape index (κ1) is 16.7. The van der Waals surface area contributed by atoms with Crippen LogP contribution in [0, 0.1) is 13.8 Å². The number of nitrogens with zero attached hydrogens (tertiary/aromatic N) is 1. The van der Waals surface area contributed by atoms with Gasteiger partial charge in [-0.1, -0.05) is 37.3 Å². The molecule has 1 aromatic carbocycles. The van der Waals surface area contributed by atoms with Crippen molar-refractivity contribution in [2.75, 3.05) is 6.54 Å². The van der Waals surface area contributed by atoms with Gasteiger partial charge in [0.1, 0.15) is 5.41 Å². The molecular formula is C17H20N2O4. The Balaban J connectivity index is 2.24. The molecule has 2 rings (SSSR count). The van der Waals surface area contributed by atoms with Crippen molar-refractivity contribution in [2.45, 2.75) is 32.6 Å². The highest BCUT2D eigenvalue weighted by Gasteiger charge is 2.39. The average molecular weight is 316 g/mol. The van der Waals surface area contributed by atoms with Crippen molar-refractivity contribution in [1.82, 2.24) is 10.3 Å². The van der Waals surface area contributed by atoms with E-state index in [-0.39, 0.29) is 12.3 Å². The molecule has 122 valence electrons. The maximum atomic E-state index is 12.3. The van der Waals surface area contributed by atoms with Crippen LogP contribution in [0.5, 0.6) is 0 Å². The van der Waals surface area contributed by atoms with Crippen LogP contribution in [0.25, 0.3) is 0 Å². The summed E-state index contributed by atoms with van der Waals surface area (Å²) in [4.78, 5) is 28.2. The topological polar surface area (TPSA) is 92.4 Å². The maximum absolute atomic E-state index is 12.3. The lowest BCUT2D eigenvalue weighted by Crippen LogP contribution is -2.46. The molecule has 0 radical (unpaired) electrons. The first-order valence-corrected chi connectivity index (χ1v) is 7.42. The summed E-state index contributed by atoms with van der Waals surface area (Å²) in [5.74, 6) is -0.920. The maximum Gasteiger partial charge on any atom is 0.315 e. The van der Waals surface area contributed by atoms with Gasteiger partial charge in [-0.25, -0.2) is 4.98 Å². The Morgan fingerprint density at radius 1 is 1.26 bits per heavy atom. The molecule has 0 saturated heterocycles. The number of rotatable bonds is 6. The van der Waals surface area contributed by atoms with Crippen LogP contribution in [0.3, 0.4) is 0 Å². The molecule has 0 spiro atoms. The highest BCUT2D eigenvalue weighted by Crippen LogP contribution is 2.28. The van der Waals surface area contributed by atoms with Gasteiger partial charge >= 0.3 is 5.97 Å². The minimum Gasteiger partial charge on any atom is -0.481 e. The van der Waals surface area contributed by atoms with Gasteiger partial charge in [-0.15, -0.1) is 0 Å². The Morgan fingerprint density at radius 2 is 1.91 bits per heavy atom. The van der Waals surface area contributed by atoms with Crippen LogP contribution in [-0.4, -0.2) is 28.5 Å². The summed E-state index contributed by atoms with van der Waals surface area (Å²) >= 11 is 0. The molecule has 1 atom stereocenters. The minimum absolute atomic E-state index is 0.0269. The largest absolute Gasteiger partial charge is 0.481 e. The molecule has 1 heterocycles. The first-order chi connectivity index (χ1) is 10.9. The van der Waals surface area contributed by atoms with Crippen LogP contribution in [0.4, 0.5) is 0 Å². The third-order valence-corrected chi connectivity index (χ3v) is 4.00. The number of carbonyl (C=O) groups is 2. The SMILES string of the molecule is CCC(CNC(=O)c1oc(C)nc1C)(C(=O)O)c1ccccc1. The second-order valence-corrected chi connectivity index (χ2v) is 5.44. The fourth-order valence-corrected chi connectivity index (χ4v) is 2.59. The van der Waals surface area contributed by atoms with Crippen molar-refractivity contribution in [1.29, 1.82) is 0 Å². The van der Waals surface area contributed by atoms with Crippen LogP contribution >= 0.6 is 0 Å². The van der Waals surface area contributed by atoms with E-state index in [1.54, 1.807) is 45.0 Å². The highest BCUT2D eigenvalue weighted by molar-refractivity contribution is 5.93. The smallest absolute Gasteiger partial charge is 0.315 e. The number of nitrogens with one attached hydrogen (secondary N) is 1. The molecule has 0 aliphatic heterocycles. The van der Waals surface area contributed by atoms with Crippen molar-refractivity contribution in [3.63, 3.8) is 0 Å². The first-order valence-electron chi connectivity index (χ1n) is 7.42. The number of carboxylic acids is 1. The molecule has 6 heteroatoms. The zero-order valence-electron chi connectivity index (χ0n) is 13.4. The summed E-state index contributed by atoms with van der Waals surface area (Å²) in [6.07, 6.45) is 0.348. The second-order valence-electron chi connectivity index (χ2n) is 5.44. The molecule has 2 N–H and O–H groups in total. The molecule has 0 fully saturated rings. The van der Waals surface area contributed by atoms with Gasteiger partial charge in [0.2, 0.25) is 5.76 Å².